The van der Waals surface area contributed by atoms with Crippen molar-refractivity contribution in [1.29, 1.82) is 0 Å². The molecule has 0 saturated heterocycles. The number of ether oxygens (including phenoxy) is 1. The van der Waals surface area contributed by atoms with Crippen molar-refractivity contribution in [3.8, 4) is 11.5 Å². The molecule has 2 N–H and O–H groups in total. The standard InChI is InChI=1S/C15H10ClF3N2O6S.C5H5NO/c1-28(25,26)20-14(22)10-7-9(3-4-12(10)21(23)24)27-13-5-2-8(6-11(13)16)15(17,18)19;7-5-3-1-2-4-6-5/h2-7H,1H3,(H,20,22);1-4H,(H,6,7). The lowest BCUT2D eigenvalue weighted by molar-refractivity contribution is -0.385. The number of carbonyl (C=O) groups is 1. The highest BCUT2D eigenvalue weighted by Crippen LogP contribution is 2.37. The number of carbonyl (C=O) groups excluding carboxylic acids is 1. The van der Waals surface area contributed by atoms with Crippen LogP contribution in [0.5, 0.6) is 11.5 Å². The Morgan fingerprint density at radius 3 is 2.29 bits per heavy atom. The summed E-state index contributed by atoms with van der Waals surface area (Å²) >= 11 is 5.76. The van der Waals surface area contributed by atoms with Gasteiger partial charge in [0.25, 0.3) is 11.6 Å². The van der Waals surface area contributed by atoms with E-state index in [1.54, 1.807) is 23.1 Å². The van der Waals surface area contributed by atoms with Crippen LogP contribution in [0.2, 0.25) is 5.02 Å². The monoisotopic (exact) mass is 533 g/mol. The van der Waals surface area contributed by atoms with Gasteiger partial charge in [-0.05, 0) is 30.3 Å². The molecule has 1 amide bonds. The van der Waals surface area contributed by atoms with Gasteiger partial charge < -0.3 is 9.72 Å². The van der Waals surface area contributed by atoms with E-state index in [0.717, 1.165) is 24.3 Å². The fourth-order valence-corrected chi connectivity index (χ4v) is 3.07. The van der Waals surface area contributed by atoms with Gasteiger partial charge in [-0.3, -0.25) is 19.7 Å². The molecule has 0 bridgehead atoms. The van der Waals surface area contributed by atoms with Gasteiger partial charge >= 0.3 is 6.18 Å². The van der Waals surface area contributed by atoms with Crippen molar-refractivity contribution in [1.82, 2.24) is 9.71 Å². The van der Waals surface area contributed by atoms with Gasteiger partial charge in [0, 0.05) is 24.4 Å². The maximum Gasteiger partial charge on any atom is 0.416 e. The number of aromatic amines is 1. The number of alkyl halides is 3. The summed E-state index contributed by atoms with van der Waals surface area (Å²) in [6, 6.07) is 10.0. The maximum atomic E-state index is 12.7. The molecule has 0 spiro atoms. The van der Waals surface area contributed by atoms with E-state index < -0.39 is 48.9 Å². The Kier molecular flexibility index (Phi) is 8.60. The van der Waals surface area contributed by atoms with Crippen LogP contribution < -0.4 is 15.0 Å². The number of sulfonamides is 1. The molecule has 35 heavy (non-hydrogen) atoms. The molecule has 10 nitrogen and oxygen atoms in total. The van der Waals surface area contributed by atoms with Crippen molar-refractivity contribution in [2.45, 2.75) is 6.18 Å². The zero-order valence-corrected chi connectivity index (χ0v) is 19.1. The lowest BCUT2D eigenvalue weighted by Crippen LogP contribution is -2.29. The van der Waals surface area contributed by atoms with E-state index in [9.17, 15) is 41.3 Å². The van der Waals surface area contributed by atoms with Gasteiger partial charge in [0.1, 0.15) is 17.1 Å². The third-order valence-corrected chi connectivity index (χ3v) is 4.71. The van der Waals surface area contributed by atoms with Crippen LogP contribution in [0, 0.1) is 10.1 Å². The quantitative estimate of drug-likeness (QED) is 0.370. The number of nitrogens with zero attached hydrogens (tertiary/aromatic N) is 1. The fraction of sp³-hybridized carbons (Fsp3) is 0.100. The number of hydrogen-bond acceptors (Lipinski definition) is 7. The van der Waals surface area contributed by atoms with Crippen molar-refractivity contribution in [2.75, 3.05) is 6.26 Å². The van der Waals surface area contributed by atoms with Gasteiger partial charge in [0.05, 0.1) is 21.8 Å². The highest BCUT2D eigenvalue weighted by Gasteiger charge is 2.31. The minimum absolute atomic E-state index is 0.0532. The topological polar surface area (TPSA) is 148 Å². The SMILES string of the molecule is CS(=O)(=O)NC(=O)c1cc(Oc2ccc(C(F)(F)F)cc2Cl)ccc1[N+](=O)[O-].O=c1cccc[nH]1. The number of pyridine rings is 1. The first-order valence-corrected chi connectivity index (χ1v) is 11.4. The minimum atomic E-state index is -4.62. The summed E-state index contributed by atoms with van der Waals surface area (Å²) < 4.78 is 67.2. The molecule has 0 aliphatic heterocycles. The number of aromatic nitrogens is 1. The molecule has 0 aliphatic carbocycles. The second-order valence-electron chi connectivity index (χ2n) is 6.61. The molecule has 0 aliphatic rings. The van der Waals surface area contributed by atoms with Gasteiger partial charge in [0.2, 0.25) is 15.6 Å². The molecular weight excluding hydrogens is 519 g/mol. The summed E-state index contributed by atoms with van der Waals surface area (Å²) in [5.74, 6) is -1.68. The molecule has 0 radical (unpaired) electrons. The van der Waals surface area contributed by atoms with Crippen LogP contribution in [0.25, 0.3) is 0 Å². The largest absolute Gasteiger partial charge is 0.456 e. The molecule has 0 atom stereocenters. The smallest absolute Gasteiger partial charge is 0.416 e. The highest BCUT2D eigenvalue weighted by atomic mass is 35.5. The fourth-order valence-electron chi connectivity index (χ4n) is 2.41. The zero-order chi connectivity index (χ0) is 26.4. The molecule has 1 aromatic heterocycles. The van der Waals surface area contributed by atoms with Crippen LogP contribution >= 0.6 is 11.6 Å². The first-order valence-electron chi connectivity index (χ1n) is 9.16. The second-order valence-corrected chi connectivity index (χ2v) is 8.77. The molecular formula is C20H15ClF3N3O7S. The molecule has 1 heterocycles. The molecule has 3 aromatic rings. The van der Waals surface area contributed by atoms with Crippen molar-refractivity contribution in [3.05, 3.63) is 97.4 Å². The summed E-state index contributed by atoms with van der Waals surface area (Å²) in [5.41, 5.74) is -2.40. The Morgan fingerprint density at radius 1 is 1.14 bits per heavy atom. The molecule has 15 heteroatoms. The number of nitro benzene ring substituents is 1. The molecule has 186 valence electrons. The summed E-state index contributed by atoms with van der Waals surface area (Å²) in [5, 5.41) is 10.7. The number of nitrogens with one attached hydrogen (secondary N) is 2. The third kappa shape index (κ3) is 8.42. The van der Waals surface area contributed by atoms with Gasteiger partial charge in [0.15, 0.2) is 0 Å². The maximum absolute atomic E-state index is 12.7. The first-order chi connectivity index (χ1) is 16.2. The van der Waals surface area contributed by atoms with E-state index in [1.165, 1.54) is 6.07 Å². The number of H-pyrrole nitrogens is 1. The Balaban J connectivity index is 0.000000527. The van der Waals surface area contributed by atoms with Crippen LogP contribution in [-0.4, -0.2) is 30.5 Å². The second kappa shape index (κ2) is 11.0. The van der Waals surface area contributed by atoms with Gasteiger partial charge in [-0.25, -0.2) is 13.1 Å². The molecule has 0 saturated carbocycles. The average molecular weight is 534 g/mol. The zero-order valence-electron chi connectivity index (χ0n) is 17.5. The van der Waals surface area contributed by atoms with Crippen molar-refractivity contribution < 1.29 is 36.0 Å². The number of rotatable bonds is 5. The summed E-state index contributed by atoms with van der Waals surface area (Å²) in [6.45, 7) is 0. The van der Waals surface area contributed by atoms with Crippen molar-refractivity contribution in [2.24, 2.45) is 0 Å². The van der Waals surface area contributed by atoms with Crippen molar-refractivity contribution >= 4 is 33.2 Å². The van der Waals surface area contributed by atoms with Crippen LogP contribution in [0.1, 0.15) is 15.9 Å². The van der Waals surface area contributed by atoms with Crippen LogP contribution in [0.4, 0.5) is 18.9 Å². The van der Waals surface area contributed by atoms with Gasteiger partial charge in [-0.15, -0.1) is 0 Å². The lowest BCUT2D eigenvalue weighted by atomic mass is 10.1. The molecule has 0 unspecified atom stereocenters. The predicted molar refractivity (Wildman–Crippen MR) is 119 cm³/mol. The highest BCUT2D eigenvalue weighted by molar-refractivity contribution is 7.89. The number of hydrogen-bond donors (Lipinski definition) is 2. The molecule has 3 rings (SSSR count). The van der Waals surface area contributed by atoms with E-state index in [0.29, 0.717) is 18.4 Å². The Morgan fingerprint density at radius 2 is 1.83 bits per heavy atom. The van der Waals surface area contributed by atoms with E-state index in [4.69, 9.17) is 16.3 Å². The number of benzene rings is 2. The van der Waals surface area contributed by atoms with E-state index in [1.807, 2.05) is 0 Å². The summed E-state index contributed by atoms with van der Waals surface area (Å²) in [4.78, 5) is 34.8. The Labute approximate surface area is 200 Å². The Hall–Kier alpha value is -3.91. The molecule has 2 aromatic carbocycles. The van der Waals surface area contributed by atoms with Gasteiger partial charge in [-0.2, -0.15) is 13.2 Å². The third-order valence-electron chi connectivity index (χ3n) is 3.85. The first kappa shape index (κ1) is 27.3. The van der Waals surface area contributed by atoms with E-state index in [-0.39, 0.29) is 17.1 Å². The number of halogens is 4. The Bertz CT molecular complexity index is 1390. The van der Waals surface area contributed by atoms with Crippen LogP contribution in [-0.2, 0) is 16.2 Å². The predicted octanol–water partition coefficient (Wildman–Crippen LogP) is 4.12. The number of nitro groups is 1. The minimum Gasteiger partial charge on any atom is -0.456 e. The number of amides is 1. The molecule has 0 fully saturated rings. The average Bonchev–Trinajstić information content (AvgIpc) is 2.74. The lowest BCUT2D eigenvalue weighted by Gasteiger charge is -2.12. The van der Waals surface area contributed by atoms with Gasteiger partial charge in [-0.1, -0.05) is 17.7 Å². The normalized spacial score (nSPS) is 11.1. The summed E-state index contributed by atoms with van der Waals surface area (Å²) in [7, 11) is -4.00. The van der Waals surface area contributed by atoms with Crippen molar-refractivity contribution in [3.63, 3.8) is 0 Å². The van der Waals surface area contributed by atoms with E-state index >= 15 is 0 Å². The van der Waals surface area contributed by atoms with Crippen LogP contribution in [0.3, 0.4) is 0 Å². The van der Waals surface area contributed by atoms with E-state index in [2.05, 4.69) is 4.98 Å². The summed E-state index contributed by atoms with van der Waals surface area (Å²) in [6.07, 6.45) is -2.34. The van der Waals surface area contributed by atoms with Crippen LogP contribution in [0.15, 0.2) is 65.6 Å².